The highest BCUT2D eigenvalue weighted by Gasteiger charge is 2.04. The Kier molecular flexibility index (Phi) is 6.94. The van der Waals surface area contributed by atoms with Gasteiger partial charge in [-0.3, -0.25) is 4.68 Å². The molecule has 0 amide bonds. The second-order valence-electron chi connectivity index (χ2n) is 4.67. The molecule has 0 aliphatic carbocycles. The standard InChI is InChI=1S/C14H27N3/c1-4-6-7-8-9-10-17-13(3)14(12-16-17)11-15-5-2/h12,15H,4-11H2,1-3H3. The van der Waals surface area contributed by atoms with Crippen molar-refractivity contribution in [3.05, 3.63) is 17.5 Å². The van der Waals surface area contributed by atoms with Crippen LogP contribution in [0, 0.1) is 6.92 Å². The highest BCUT2D eigenvalue weighted by molar-refractivity contribution is 5.15. The Hall–Kier alpha value is -0.830. The van der Waals surface area contributed by atoms with Crippen LogP contribution in [0.2, 0.25) is 0 Å². The first-order valence-electron chi connectivity index (χ1n) is 7.01. The Balaban J connectivity index is 2.30. The molecule has 1 rings (SSSR count). The van der Waals surface area contributed by atoms with E-state index in [2.05, 4.69) is 35.9 Å². The second kappa shape index (κ2) is 8.29. The fraction of sp³-hybridized carbons (Fsp3) is 0.786. The number of aromatic nitrogens is 2. The molecule has 1 aromatic rings. The van der Waals surface area contributed by atoms with Crippen molar-refractivity contribution in [3.63, 3.8) is 0 Å². The van der Waals surface area contributed by atoms with Gasteiger partial charge in [0.2, 0.25) is 0 Å². The zero-order valence-electron chi connectivity index (χ0n) is 11.6. The van der Waals surface area contributed by atoms with Gasteiger partial charge in [0.1, 0.15) is 0 Å². The maximum absolute atomic E-state index is 4.46. The van der Waals surface area contributed by atoms with Crippen molar-refractivity contribution in [1.82, 2.24) is 15.1 Å². The van der Waals surface area contributed by atoms with Crippen molar-refractivity contribution in [2.45, 2.75) is 66.0 Å². The summed E-state index contributed by atoms with van der Waals surface area (Å²) in [6, 6.07) is 0. The molecule has 0 atom stereocenters. The fourth-order valence-electron chi connectivity index (χ4n) is 2.01. The summed E-state index contributed by atoms with van der Waals surface area (Å²) >= 11 is 0. The molecule has 0 aliphatic rings. The summed E-state index contributed by atoms with van der Waals surface area (Å²) < 4.78 is 2.15. The van der Waals surface area contributed by atoms with Crippen molar-refractivity contribution in [2.24, 2.45) is 0 Å². The van der Waals surface area contributed by atoms with Crippen LogP contribution in [0.5, 0.6) is 0 Å². The minimum atomic E-state index is 0.943. The number of nitrogens with zero attached hydrogens (tertiary/aromatic N) is 2. The Bertz CT molecular complexity index is 304. The van der Waals surface area contributed by atoms with Gasteiger partial charge in [-0.15, -0.1) is 0 Å². The van der Waals surface area contributed by atoms with E-state index in [0.29, 0.717) is 0 Å². The van der Waals surface area contributed by atoms with Crippen LogP contribution in [-0.2, 0) is 13.1 Å². The van der Waals surface area contributed by atoms with Gasteiger partial charge < -0.3 is 5.32 Å². The van der Waals surface area contributed by atoms with Gasteiger partial charge in [0.25, 0.3) is 0 Å². The van der Waals surface area contributed by atoms with Gasteiger partial charge in [0.05, 0.1) is 6.20 Å². The molecule has 1 N–H and O–H groups in total. The summed E-state index contributed by atoms with van der Waals surface area (Å²) in [6.07, 6.45) is 8.63. The summed E-state index contributed by atoms with van der Waals surface area (Å²) in [5, 5.41) is 7.81. The highest BCUT2D eigenvalue weighted by Crippen LogP contribution is 2.09. The highest BCUT2D eigenvalue weighted by atomic mass is 15.3. The minimum absolute atomic E-state index is 0.943. The molecule has 1 aromatic heterocycles. The van der Waals surface area contributed by atoms with E-state index < -0.39 is 0 Å². The van der Waals surface area contributed by atoms with Gasteiger partial charge in [-0.1, -0.05) is 39.5 Å². The van der Waals surface area contributed by atoms with Gasteiger partial charge in [-0.2, -0.15) is 5.10 Å². The van der Waals surface area contributed by atoms with Crippen LogP contribution in [0.1, 0.15) is 57.2 Å². The monoisotopic (exact) mass is 237 g/mol. The summed E-state index contributed by atoms with van der Waals surface area (Å²) in [5.41, 5.74) is 2.65. The molecule has 1 heterocycles. The zero-order valence-corrected chi connectivity index (χ0v) is 11.6. The lowest BCUT2D eigenvalue weighted by molar-refractivity contribution is 0.523. The second-order valence-corrected chi connectivity index (χ2v) is 4.67. The van der Waals surface area contributed by atoms with Crippen molar-refractivity contribution < 1.29 is 0 Å². The fourth-order valence-corrected chi connectivity index (χ4v) is 2.01. The predicted octanol–water partition coefficient (Wildman–Crippen LogP) is 3.27. The maximum Gasteiger partial charge on any atom is 0.0537 e. The zero-order chi connectivity index (χ0) is 12.5. The topological polar surface area (TPSA) is 29.9 Å². The van der Waals surface area contributed by atoms with Crippen LogP contribution in [0.4, 0.5) is 0 Å². The predicted molar refractivity (Wildman–Crippen MR) is 73.1 cm³/mol. The molecule has 0 saturated carbocycles. The maximum atomic E-state index is 4.46. The molecule has 3 nitrogen and oxygen atoms in total. The lowest BCUT2D eigenvalue weighted by atomic mass is 10.1. The normalized spacial score (nSPS) is 11.0. The van der Waals surface area contributed by atoms with E-state index in [1.54, 1.807) is 0 Å². The Morgan fingerprint density at radius 2 is 1.94 bits per heavy atom. The van der Waals surface area contributed by atoms with Crippen molar-refractivity contribution >= 4 is 0 Å². The molecule has 98 valence electrons. The number of unbranched alkanes of at least 4 members (excludes halogenated alkanes) is 4. The lowest BCUT2D eigenvalue weighted by Crippen LogP contribution is -2.12. The van der Waals surface area contributed by atoms with E-state index in [9.17, 15) is 0 Å². The van der Waals surface area contributed by atoms with Gasteiger partial charge in [0, 0.05) is 24.3 Å². The van der Waals surface area contributed by atoms with E-state index in [4.69, 9.17) is 0 Å². The van der Waals surface area contributed by atoms with E-state index in [1.165, 1.54) is 43.4 Å². The van der Waals surface area contributed by atoms with Gasteiger partial charge >= 0.3 is 0 Å². The van der Waals surface area contributed by atoms with Gasteiger partial charge in [0.15, 0.2) is 0 Å². The molecule has 0 aliphatic heterocycles. The van der Waals surface area contributed by atoms with Crippen LogP contribution < -0.4 is 5.32 Å². The number of hydrogen-bond acceptors (Lipinski definition) is 2. The Labute approximate surface area is 106 Å². The van der Waals surface area contributed by atoms with Crippen molar-refractivity contribution in [3.8, 4) is 0 Å². The minimum Gasteiger partial charge on any atom is -0.313 e. The van der Waals surface area contributed by atoms with Crippen LogP contribution >= 0.6 is 0 Å². The smallest absolute Gasteiger partial charge is 0.0537 e. The summed E-state index contributed by atoms with van der Waals surface area (Å²) in [4.78, 5) is 0. The van der Waals surface area contributed by atoms with E-state index >= 15 is 0 Å². The van der Waals surface area contributed by atoms with Crippen molar-refractivity contribution in [2.75, 3.05) is 6.54 Å². The molecule has 0 aromatic carbocycles. The summed E-state index contributed by atoms with van der Waals surface area (Å²) in [5.74, 6) is 0. The Morgan fingerprint density at radius 1 is 1.18 bits per heavy atom. The number of hydrogen-bond donors (Lipinski definition) is 1. The lowest BCUT2D eigenvalue weighted by Gasteiger charge is -2.06. The molecular formula is C14H27N3. The van der Waals surface area contributed by atoms with Crippen molar-refractivity contribution in [1.29, 1.82) is 0 Å². The van der Waals surface area contributed by atoms with E-state index in [1.807, 2.05) is 6.20 Å². The Morgan fingerprint density at radius 3 is 2.65 bits per heavy atom. The van der Waals surface area contributed by atoms with Crippen LogP contribution in [0.3, 0.4) is 0 Å². The first-order chi connectivity index (χ1) is 8.29. The third-order valence-corrected chi connectivity index (χ3v) is 3.24. The molecular weight excluding hydrogens is 210 g/mol. The van der Waals surface area contributed by atoms with Crippen LogP contribution in [0.15, 0.2) is 6.20 Å². The summed E-state index contributed by atoms with van der Waals surface area (Å²) in [6.45, 7) is 9.59. The molecule has 0 saturated heterocycles. The average molecular weight is 237 g/mol. The summed E-state index contributed by atoms with van der Waals surface area (Å²) in [7, 11) is 0. The third-order valence-electron chi connectivity index (χ3n) is 3.24. The molecule has 17 heavy (non-hydrogen) atoms. The largest absolute Gasteiger partial charge is 0.313 e. The van der Waals surface area contributed by atoms with Crippen LogP contribution in [0.25, 0.3) is 0 Å². The molecule has 0 spiro atoms. The average Bonchev–Trinajstić information content (AvgIpc) is 2.68. The number of aryl methyl sites for hydroxylation is 1. The molecule has 0 unspecified atom stereocenters. The third kappa shape index (κ3) is 4.90. The van der Waals surface area contributed by atoms with Crippen LogP contribution in [-0.4, -0.2) is 16.3 Å². The number of nitrogens with one attached hydrogen (secondary N) is 1. The molecule has 0 radical (unpaired) electrons. The van der Waals surface area contributed by atoms with E-state index in [-0.39, 0.29) is 0 Å². The first-order valence-corrected chi connectivity index (χ1v) is 7.01. The first kappa shape index (κ1) is 14.2. The number of rotatable bonds is 9. The molecule has 0 fully saturated rings. The molecule has 3 heteroatoms. The SMILES string of the molecule is CCCCCCCn1ncc(CNCC)c1C. The van der Waals surface area contributed by atoms with Gasteiger partial charge in [-0.05, 0) is 19.9 Å². The van der Waals surface area contributed by atoms with Gasteiger partial charge in [-0.25, -0.2) is 0 Å². The van der Waals surface area contributed by atoms with E-state index in [0.717, 1.165) is 19.6 Å². The quantitative estimate of drug-likeness (QED) is 0.668. The molecule has 0 bridgehead atoms.